The van der Waals surface area contributed by atoms with Crippen molar-refractivity contribution in [2.45, 2.75) is 51.7 Å². The Bertz CT molecular complexity index is 3220. The van der Waals surface area contributed by atoms with Crippen LogP contribution in [0.1, 0.15) is 45.4 Å². The number of rotatable bonds is 8. The van der Waals surface area contributed by atoms with Gasteiger partial charge in [-0.25, -0.2) is 54.7 Å². The number of hydrogen-bond acceptors (Lipinski definition) is 37. The molecule has 0 aliphatic carbocycles. The van der Waals surface area contributed by atoms with E-state index in [9.17, 15) is 75.8 Å². The maximum Gasteiger partial charge on any atom is 0.271 e. The quantitative estimate of drug-likeness (QED) is 0.214. The molecule has 0 aromatic rings. The fourth-order valence-corrected chi connectivity index (χ4v) is 19.0. The van der Waals surface area contributed by atoms with Crippen LogP contribution in [0.5, 0.6) is 0 Å². The molecule has 13 rings (SSSR count). The summed E-state index contributed by atoms with van der Waals surface area (Å²) in [5.41, 5.74) is 0. The maximum absolute atomic E-state index is 11.7. The second-order valence-corrected chi connectivity index (χ2v) is 42.5. The highest BCUT2D eigenvalue weighted by Crippen LogP contribution is 2.17. The van der Waals surface area contributed by atoms with Gasteiger partial charge in [0.1, 0.15) is 39.9 Å². The lowest BCUT2D eigenvalue weighted by Gasteiger charge is -2.34. The summed E-state index contributed by atoms with van der Waals surface area (Å²) >= 11 is 0. The van der Waals surface area contributed by atoms with Crippen LogP contribution in [0, 0.1) is 0 Å². The van der Waals surface area contributed by atoms with Crippen molar-refractivity contribution in [2.75, 3.05) is 283 Å². The Morgan fingerprint density at radius 1 is 0.333 bits per heavy atom. The number of nitrogens with one attached hydrogen (secondary N) is 2. The van der Waals surface area contributed by atoms with Crippen LogP contribution in [0.2, 0.25) is 0 Å². The van der Waals surface area contributed by atoms with Crippen molar-refractivity contribution < 1.29 is 131 Å². The molecule has 0 spiro atoms. The summed E-state index contributed by atoms with van der Waals surface area (Å²) in [6.07, 6.45) is 6.56. The fourth-order valence-electron chi connectivity index (χ4n) is 9.94. The van der Waals surface area contributed by atoms with Crippen molar-refractivity contribution in [2.24, 2.45) is 0 Å². The van der Waals surface area contributed by atoms with Crippen LogP contribution >= 0.6 is 0 Å². The summed E-state index contributed by atoms with van der Waals surface area (Å²) in [5, 5.41) is 2.74. The first kappa shape index (κ1) is 91.2. The third-order valence-electron chi connectivity index (χ3n) is 15.8. The second kappa shape index (κ2) is 45.7. The molecule has 0 amide bonds. The smallest absolute Gasteiger partial charge is 0.271 e. The summed E-state index contributed by atoms with van der Waals surface area (Å²) in [4.78, 5) is 12.9. The molecule has 13 fully saturated rings. The minimum Gasteiger partial charge on any atom is -0.379 e. The van der Waals surface area contributed by atoms with E-state index in [2.05, 4.69) is 54.7 Å². The lowest BCUT2D eigenvalue weighted by atomic mass is 10.1. The van der Waals surface area contributed by atoms with Gasteiger partial charge in [-0.05, 0) is 59.2 Å². The third-order valence-corrected chi connectivity index (χ3v) is 28.9. The topological polar surface area (TPSA) is 471 Å². The van der Waals surface area contributed by atoms with Crippen LogP contribution in [-0.2, 0) is 145 Å². The minimum atomic E-state index is -3.43. The van der Waals surface area contributed by atoms with Gasteiger partial charge in [0, 0.05) is 65.6 Å². The first-order valence-electron chi connectivity index (χ1n) is 33.2. The molecule has 1 unspecified atom stereocenters. The first-order valence-corrected chi connectivity index (χ1v) is 48.1. The monoisotopic (exact) mass is 1650 g/mol. The van der Waals surface area contributed by atoms with Gasteiger partial charge in [0.25, 0.3) is 30.4 Å². The summed E-state index contributed by atoms with van der Waals surface area (Å²) < 4.78 is 263. The minimum absolute atomic E-state index is 0.0208. The van der Waals surface area contributed by atoms with E-state index < -0.39 is 90.1 Å². The molecule has 41 nitrogen and oxygen atoms in total. The summed E-state index contributed by atoms with van der Waals surface area (Å²) in [6.45, 7) is 18.0. The molecule has 0 radical (unpaired) electrons. The van der Waals surface area contributed by atoms with E-state index in [0.717, 1.165) is 87.5 Å². The van der Waals surface area contributed by atoms with E-state index in [1.165, 1.54) is 36.5 Å². The Morgan fingerprint density at radius 2 is 0.765 bits per heavy atom. The van der Waals surface area contributed by atoms with Gasteiger partial charge < -0.3 is 42.6 Å². The van der Waals surface area contributed by atoms with Gasteiger partial charge >= 0.3 is 0 Å². The second-order valence-electron chi connectivity index (χ2n) is 24.5. The summed E-state index contributed by atoms with van der Waals surface area (Å²) in [7, 11) is -25.9. The number of sulfonamides is 4. The van der Waals surface area contributed by atoms with E-state index >= 15 is 0 Å². The number of piperidine rings is 1. The summed E-state index contributed by atoms with van der Waals surface area (Å²) in [5.74, 6) is 1.13. The highest BCUT2D eigenvalue weighted by atomic mass is 32.2. The summed E-state index contributed by atoms with van der Waals surface area (Å²) in [6, 6.07) is 0. The molecule has 50 heteroatoms. The highest BCUT2D eigenvalue weighted by Gasteiger charge is 2.35. The van der Waals surface area contributed by atoms with E-state index in [1.807, 2.05) is 4.90 Å². The maximum atomic E-state index is 11.7. The van der Waals surface area contributed by atoms with Gasteiger partial charge in [0.05, 0.1) is 156 Å². The number of hydrogen-bond donors (Lipinski definition) is 2. The number of sulfone groups is 2. The molecular formula is C52H107N11O30S9. The van der Waals surface area contributed by atoms with Crippen LogP contribution in [0.25, 0.3) is 0 Å². The molecule has 0 aromatic carbocycles. The van der Waals surface area contributed by atoms with Crippen molar-refractivity contribution in [3.8, 4) is 0 Å². The van der Waals surface area contributed by atoms with Crippen molar-refractivity contribution in [3.05, 3.63) is 0 Å². The molecule has 13 aliphatic heterocycles. The van der Waals surface area contributed by atoms with E-state index in [1.54, 1.807) is 6.92 Å². The molecule has 102 heavy (non-hydrogen) atoms. The van der Waals surface area contributed by atoms with Gasteiger partial charge in [-0.2, -0.15) is 42.9 Å². The molecule has 1 atom stereocenters. The lowest BCUT2D eigenvalue weighted by molar-refractivity contribution is -0.0507. The van der Waals surface area contributed by atoms with E-state index in [0.29, 0.717) is 84.2 Å². The van der Waals surface area contributed by atoms with Gasteiger partial charge in [-0.1, -0.05) is 6.42 Å². The van der Waals surface area contributed by atoms with Crippen LogP contribution in [0.3, 0.4) is 0 Å². The SMILES string of the molecule is CC1NS(=O)(=O)CCO1.CN1CCCOC1.O=S1(=O)CCN(CN2CCCOC2)CC1.O=S1(=O)CCN(CN2CCCOC2)CO1.O=S1(=O)CCNCO1.O=S1(=O)CCOCC1.O=S1(=O)CCOCN1CN1CCCCC1.O=S1(=O)CCOCN1CN1COCCS1(=O)=O.O=S1(=O)CCOCO1. The van der Waals surface area contributed by atoms with Crippen molar-refractivity contribution in [3.63, 3.8) is 0 Å². The fraction of sp³-hybridized carbons (Fsp3) is 1.00. The molecule has 0 aromatic heterocycles. The third kappa shape index (κ3) is 39.3. The Labute approximate surface area is 603 Å². The van der Waals surface area contributed by atoms with Crippen molar-refractivity contribution in [1.82, 2.24) is 52.4 Å². The van der Waals surface area contributed by atoms with Crippen LogP contribution in [0.4, 0.5) is 0 Å². The van der Waals surface area contributed by atoms with Gasteiger partial charge in [0.2, 0.25) is 40.1 Å². The molecular weight excluding hydrogens is 1550 g/mol. The van der Waals surface area contributed by atoms with Crippen molar-refractivity contribution in [1.29, 1.82) is 0 Å². The molecule has 2 N–H and O–H groups in total. The number of nitrogens with zero attached hydrogens (tertiary/aromatic N) is 9. The first-order chi connectivity index (χ1) is 48.0. The zero-order chi connectivity index (χ0) is 74.8. The zero-order valence-electron chi connectivity index (χ0n) is 58.2. The lowest BCUT2D eigenvalue weighted by Crippen LogP contribution is -2.51. The predicted molar refractivity (Wildman–Crippen MR) is 368 cm³/mol. The van der Waals surface area contributed by atoms with Gasteiger partial charge in [0.15, 0.2) is 26.5 Å². The van der Waals surface area contributed by atoms with E-state index in [4.69, 9.17) is 42.1 Å². The van der Waals surface area contributed by atoms with Crippen LogP contribution in [-0.4, -0.2) is 407 Å². The number of ether oxygens (including phenoxy) is 9. The van der Waals surface area contributed by atoms with Crippen LogP contribution in [0.15, 0.2) is 0 Å². The number of likely N-dealkylation sites (tertiary alicyclic amines) is 1. The molecule has 13 saturated heterocycles. The Balaban J connectivity index is 0.000000210. The molecule has 604 valence electrons. The molecule has 13 heterocycles. The molecule has 0 bridgehead atoms. The van der Waals surface area contributed by atoms with Gasteiger partial charge in [-0.3, -0.25) is 43.1 Å². The normalized spacial score (nSPS) is 29.1. The molecule has 13 aliphatic rings. The highest BCUT2D eigenvalue weighted by molar-refractivity contribution is 7.92. The molecule has 0 saturated carbocycles. The average molecular weight is 1660 g/mol. The van der Waals surface area contributed by atoms with Gasteiger partial charge in [-0.15, -0.1) is 0 Å². The Kier molecular flexibility index (Phi) is 40.9. The largest absolute Gasteiger partial charge is 0.379 e. The van der Waals surface area contributed by atoms with E-state index in [-0.39, 0.29) is 125 Å². The Hall–Kier alpha value is -1.37. The van der Waals surface area contributed by atoms with Crippen LogP contribution < -0.4 is 10.0 Å². The standard InChI is InChI=1S/2C9H18N2O3S.C8H16N2O4S.C7H14N2O6S2.C5H11NO.C4H9NO3S.C4H8O3S.C3H7NO3S.C3H6O4S/c12-15(13)6-3-10(4-7-15)8-11-2-1-5-14-9-11;12-15(13)7-6-14-9-11(15)8-10-4-2-1-3-5-10;11-15(12)5-3-10(8-14-15)6-9-2-1-4-13-7-9;10-16(11)3-1-14-6-8(16)5-9-7-15-2-4-17(9,12)13;1-6-3-2-4-7-5-6;1-4-5-9(6,7)3-2-8-4;5-8(6)3-1-7-2-4-8;5-8(6)2-1-4-3-7-8;4-8(5)2-1-6-3-7-8/h2*1-9H2;1-8H2;1-7H2;2-5H2,1H3;4-5H,2-3H2,1H3;1-4H2;4H,1-3H2;1-3H2. The Morgan fingerprint density at radius 3 is 1.12 bits per heavy atom. The average Bonchev–Trinajstić information content (AvgIpc) is 0.812. The van der Waals surface area contributed by atoms with Crippen molar-refractivity contribution >= 4 is 90.1 Å². The zero-order valence-corrected chi connectivity index (χ0v) is 65.5. The predicted octanol–water partition coefficient (Wildman–Crippen LogP) is -5.95.